The van der Waals surface area contributed by atoms with Gasteiger partial charge >= 0.3 is 5.97 Å². The molecular formula is C21H19NO2. The molecule has 3 rings (SSSR count). The van der Waals surface area contributed by atoms with E-state index in [0.717, 1.165) is 27.9 Å². The summed E-state index contributed by atoms with van der Waals surface area (Å²) in [4.78, 5) is 11.9. The second kappa shape index (κ2) is 7.47. The van der Waals surface area contributed by atoms with Crippen LogP contribution in [0.5, 0.6) is 0 Å². The number of anilines is 1. The third-order valence-corrected chi connectivity index (χ3v) is 3.79. The van der Waals surface area contributed by atoms with Crippen LogP contribution in [0.15, 0.2) is 78.9 Å². The summed E-state index contributed by atoms with van der Waals surface area (Å²) in [5, 5.41) is 0. The van der Waals surface area contributed by atoms with Gasteiger partial charge in [0.15, 0.2) is 0 Å². The van der Waals surface area contributed by atoms with Crippen LogP contribution in [0, 0.1) is 0 Å². The molecule has 24 heavy (non-hydrogen) atoms. The van der Waals surface area contributed by atoms with Crippen LogP contribution < -0.4 is 5.73 Å². The highest BCUT2D eigenvalue weighted by molar-refractivity contribution is 5.73. The lowest BCUT2D eigenvalue weighted by molar-refractivity contribution is -0.144. The number of rotatable bonds is 5. The van der Waals surface area contributed by atoms with Gasteiger partial charge in [0.2, 0.25) is 0 Å². The lowest BCUT2D eigenvalue weighted by Gasteiger charge is -2.06. The Morgan fingerprint density at radius 3 is 1.96 bits per heavy atom. The lowest BCUT2D eigenvalue weighted by atomic mass is 10.0. The minimum atomic E-state index is -0.223. The van der Waals surface area contributed by atoms with Gasteiger partial charge < -0.3 is 10.5 Å². The van der Waals surface area contributed by atoms with E-state index in [9.17, 15) is 4.79 Å². The van der Waals surface area contributed by atoms with Crippen LogP contribution >= 0.6 is 0 Å². The Labute approximate surface area is 141 Å². The molecule has 0 aliphatic carbocycles. The van der Waals surface area contributed by atoms with Crippen LogP contribution in [-0.2, 0) is 22.6 Å². The smallest absolute Gasteiger partial charge is 0.310 e. The third kappa shape index (κ3) is 4.23. The summed E-state index contributed by atoms with van der Waals surface area (Å²) in [5.74, 6) is -0.223. The minimum Gasteiger partial charge on any atom is -0.461 e. The van der Waals surface area contributed by atoms with E-state index in [1.165, 1.54) is 0 Å². The third-order valence-electron chi connectivity index (χ3n) is 3.79. The summed E-state index contributed by atoms with van der Waals surface area (Å²) in [6, 6.07) is 25.3. The van der Waals surface area contributed by atoms with Crippen molar-refractivity contribution in [2.75, 3.05) is 5.73 Å². The fraction of sp³-hybridized carbons (Fsp3) is 0.0952. The van der Waals surface area contributed by atoms with Crippen LogP contribution in [0.25, 0.3) is 11.1 Å². The van der Waals surface area contributed by atoms with Gasteiger partial charge in [-0.25, -0.2) is 0 Å². The van der Waals surface area contributed by atoms with Crippen molar-refractivity contribution < 1.29 is 9.53 Å². The molecular weight excluding hydrogens is 298 g/mol. The van der Waals surface area contributed by atoms with Crippen molar-refractivity contribution in [2.45, 2.75) is 13.0 Å². The molecule has 0 aromatic heterocycles. The predicted octanol–water partition coefficient (Wildman–Crippen LogP) is 4.22. The molecule has 0 radical (unpaired) electrons. The minimum absolute atomic E-state index is 0.223. The van der Waals surface area contributed by atoms with E-state index in [-0.39, 0.29) is 12.4 Å². The molecule has 0 spiro atoms. The van der Waals surface area contributed by atoms with Crippen molar-refractivity contribution in [3.63, 3.8) is 0 Å². The second-order valence-corrected chi connectivity index (χ2v) is 5.64. The Kier molecular flexibility index (Phi) is 4.92. The lowest BCUT2D eigenvalue weighted by Crippen LogP contribution is -2.07. The van der Waals surface area contributed by atoms with Gasteiger partial charge in [-0.2, -0.15) is 0 Å². The first kappa shape index (κ1) is 15.8. The van der Waals surface area contributed by atoms with E-state index in [1.54, 1.807) is 0 Å². The first-order valence-corrected chi connectivity index (χ1v) is 7.85. The molecule has 3 heteroatoms. The summed E-state index contributed by atoms with van der Waals surface area (Å²) in [5.41, 5.74) is 10.6. The molecule has 0 atom stereocenters. The second-order valence-electron chi connectivity index (χ2n) is 5.64. The zero-order chi connectivity index (χ0) is 16.8. The molecule has 3 aromatic rings. The predicted molar refractivity (Wildman–Crippen MR) is 96.2 cm³/mol. The van der Waals surface area contributed by atoms with E-state index >= 15 is 0 Å². The van der Waals surface area contributed by atoms with Gasteiger partial charge in [0, 0.05) is 5.69 Å². The molecule has 0 heterocycles. The van der Waals surface area contributed by atoms with Gasteiger partial charge in [-0.05, 0) is 34.4 Å². The van der Waals surface area contributed by atoms with Gasteiger partial charge in [0.25, 0.3) is 0 Å². The maximum Gasteiger partial charge on any atom is 0.310 e. The van der Waals surface area contributed by atoms with Gasteiger partial charge in [-0.15, -0.1) is 0 Å². The number of carbonyl (C=O) groups is 1. The van der Waals surface area contributed by atoms with Gasteiger partial charge in [-0.3, -0.25) is 4.79 Å². The van der Waals surface area contributed by atoms with E-state index in [1.807, 2.05) is 78.9 Å². The summed E-state index contributed by atoms with van der Waals surface area (Å²) in [7, 11) is 0. The first-order valence-electron chi connectivity index (χ1n) is 7.85. The Bertz CT molecular complexity index is 794. The number of benzene rings is 3. The van der Waals surface area contributed by atoms with Crippen LogP contribution in [0.1, 0.15) is 11.1 Å². The first-order chi connectivity index (χ1) is 11.7. The molecule has 0 saturated heterocycles. The normalized spacial score (nSPS) is 10.3. The average molecular weight is 317 g/mol. The van der Waals surface area contributed by atoms with Crippen molar-refractivity contribution >= 4 is 11.7 Å². The number of nitrogen functional groups attached to an aromatic ring is 1. The zero-order valence-electron chi connectivity index (χ0n) is 13.3. The molecule has 0 amide bonds. The largest absolute Gasteiger partial charge is 0.461 e. The summed E-state index contributed by atoms with van der Waals surface area (Å²) >= 11 is 0. The van der Waals surface area contributed by atoms with Crippen molar-refractivity contribution in [1.82, 2.24) is 0 Å². The number of hydrogen-bond donors (Lipinski definition) is 1. The van der Waals surface area contributed by atoms with Crippen LogP contribution in [0.3, 0.4) is 0 Å². The summed E-state index contributed by atoms with van der Waals surface area (Å²) in [6.07, 6.45) is 0.273. The monoisotopic (exact) mass is 317 g/mol. The van der Waals surface area contributed by atoms with Gasteiger partial charge in [0.05, 0.1) is 6.42 Å². The topological polar surface area (TPSA) is 52.3 Å². The van der Waals surface area contributed by atoms with Gasteiger partial charge in [0.1, 0.15) is 6.61 Å². The molecule has 3 nitrogen and oxygen atoms in total. The Hall–Kier alpha value is -3.07. The van der Waals surface area contributed by atoms with Crippen LogP contribution in [-0.4, -0.2) is 5.97 Å². The number of carbonyl (C=O) groups excluding carboxylic acids is 1. The molecule has 0 aliphatic heterocycles. The zero-order valence-corrected chi connectivity index (χ0v) is 13.3. The Balaban J connectivity index is 1.57. The molecule has 120 valence electrons. The molecule has 0 saturated carbocycles. The molecule has 0 bridgehead atoms. The maximum absolute atomic E-state index is 11.9. The van der Waals surface area contributed by atoms with Crippen LogP contribution in [0.4, 0.5) is 5.69 Å². The van der Waals surface area contributed by atoms with Crippen molar-refractivity contribution in [3.05, 3.63) is 90.0 Å². The molecule has 2 N–H and O–H groups in total. The molecule has 0 aliphatic rings. The Morgan fingerprint density at radius 2 is 1.33 bits per heavy atom. The highest BCUT2D eigenvalue weighted by Crippen LogP contribution is 2.21. The van der Waals surface area contributed by atoms with E-state index in [0.29, 0.717) is 6.61 Å². The van der Waals surface area contributed by atoms with E-state index in [2.05, 4.69) is 0 Å². The quantitative estimate of drug-likeness (QED) is 0.566. The summed E-state index contributed by atoms with van der Waals surface area (Å²) < 4.78 is 5.31. The van der Waals surface area contributed by atoms with Crippen LogP contribution in [0.2, 0.25) is 0 Å². The Morgan fingerprint density at radius 1 is 0.750 bits per heavy atom. The SMILES string of the molecule is Nc1ccc(-c2ccc(CC(=O)OCc3ccccc3)cc2)cc1. The fourth-order valence-corrected chi connectivity index (χ4v) is 2.45. The van der Waals surface area contributed by atoms with Gasteiger partial charge in [-0.1, -0.05) is 66.7 Å². The maximum atomic E-state index is 11.9. The number of nitrogens with two attached hydrogens (primary N) is 1. The highest BCUT2D eigenvalue weighted by atomic mass is 16.5. The molecule has 0 fully saturated rings. The van der Waals surface area contributed by atoms with E-state index in [4.69, 9.17) is 10.5 Å². The van der Waals surface area contributed by atoms with E-state index < -0.39 is 0 Å². The standard InChI is InChI=1S/C21H19NO2/c22-20-12-10-19(11-13-20)18-8-6-16(7-9-18)14-21(23)24-15-17-4-2-1-3-5-17/h1-13H,14-15,22H2. The van der Waals surface area contributed by atoms with Crippen molar-refractivity contribution in [1.29, 1.82) is 0 Å². The van der Waals surface area contributed by atoms with Crippen molar-refractivity contribution in [3.8, 4) is 11.1 Å². The number of esters is 1. The number of ether oxygens (including phenoxy) is 1. The highest BCUT2D eigenvalue weighted by Gasteiger charge is 2.06. The van der Waals surface area contributed by atoms with Crippen molar-refractivity contribution in [2.24, 2.45) is 0 Å². The number of hydrogen-bond acceptors (Lipinski definition) is 3. The average Bonchev–Trinajstić information content (AvgIpc) is 2.62. The molecule has 0 unspecified atom stereocenters. The fourth-order valence-electron chi connectivity index (χ4n) is 2.45. The molecule has 3 aromatic carbocycles. The summed E-state index contributed by atoms with van der Waals surface area (Å²) in [6.45, 7) is 0.309.